The van der Waals surface area contributed by atoms with Crippen molar-refractivity contribution in [2.45, 2.75) is 32.2 Å². The second kappa shape index (κ2) is 7.40. The van der Waals surface area contributed by atoms with E-state index < -0.39 is 0 Å². The van der Waals surface area contributed by atoms with E-state index in [1.54, 1.807) is 27.7 Å². The number of hydrogen-bond acceptors (Lipinski definition) is 5. The zero-order chi connectivity index (χ0) is 17.2. The molecule has 0 bridgehead atoms. The summed E-state index contributed by atoms with van der Waals surface area (Å²) in [4.78, 5) is 17.7. The van der Waals surface area contributed by atoms with Gasteiger partial charge in [-0.15, -0.1) is 22.7 Å². The van der Waals surface area contributed by atoms with E-state index in [1.165, 1.54) is 22.6 Å². The Morgan fingerprint density at radius 3 is 2.64 bits per heavy atom. The molecule has 2 aromatic rings. The first kappa shape index (κ1) is 16.9. The summed E-state index contributed by atoms with van der Waals surface area (Å²) in [5.74, 6) is 0.903. The number of piperidine rings is 1. The van der Waals surface area contributed by atoms with E-state index in [4.69, 9.17) is 5.10 Å². The maximum absolute atomic E-state index is 13.0. The molecule has 2 aliphatic rings. The van der Waals surface area contributed by atoms with Crippen LogP contribution in [0, 0.1) is 5.92 Å². The van der Waals surface area contributed by atoms with Crippen molar-refractivity contribution in [3.05, 3.63) is 44.8 Å². The number of rotatable bonds is 4. The van der Waals surface area contributed by atoms with Crippen LogP contribution in [-0.2, 0) is 4.79 Å². The largest absolute Gasteiger partial charge is 0.294 e. The molecule has 1 amide bonds. The van der Waals surface area contributed by atoms with Crippen molar-refractivity contribution in [3.8, 4) is 0 Å². The van der Waals surface area contributed by atoms with Crippen molar-refractivity contribution in [2.24, 2.45) is 11.0 Å². The molecular formula is C19H23N3OS2. The number of thiophene rings is 2. The quantitative estimate of drug-likeness (QED) is 0.804. The number of carbonyl (C=O) groups excluding carboxylic acids is 1. The summed E-state index contributed by atoms with van der Waals surface area (Å²) >= 11 is 3.40. The molecule has 0 radical (unpaired) electrons. The first-order chi connectivity index (χ1) is 12.2. The van der Waals surface area contributed by atoms with Gasteiger partial charge in [-0.3, -0.25) is 9.69 Å². The van der Waals surface area contributed by atoms with E-state index in [0.29, 0.717) is 6.54 Å². The molecule has 2 aliphatic heterocycles. The van der Waals surface area contributed by atoms with E-state index in [2.05, 4.69) is 40.8 Å². The van der Waals surface area contributed by atoms with E-state index in [1.807, 2.05) is 6.07 Å². The van der Waals surface area contributed by atoms with Gasteiger partial charge in [0, 0.05) is 11.3 Å². The van der Waals surface area contributed by atoms with E-state index in [9.17, 15) is 4.79 Å². The van der Waals surface area contributed by atoms with Crippen molar-refractivity contribution in [2.75, 3.05) is 19.6 Å². The predicted octanol–water partition coefficient (Wildman–Crippen LogP) is 4.22. The normalized spacial score (nSPS) is 22.4. The SMILES string of the molecule is CC1CCN(CC(=O)N2N=C(c3cccs3)C[C@H]2c2cccs2)CC1. The maximum atomic E-state index is 13.0. The number of nitrogens with zero attached hydrogens (tertiary/aromatic N) is 3. The van der Waals surface area contributed by atoms with Gasteiger partial charge in [0.05, 0.1) is 23.2 Å². The van der Waals surface area contributed by atoms with E-state index in [0.717, 1.165) is 31.1 Å². The molecule has 25 heavy (non-hydrogen) atoms. The Bertz CT molecular complexity index is 731. The van der Waals surface area contributed by atoms with Crippen LogP contribution in [0.2, 0.25) is 0 Å². The van der Waals surface area contributed by atoms with Gasteiger partial charge in [0.2, 0.25) is 0 Å². The van der Waals surface area contributed by atoms with Crippen molar-refractivity contribution >= 4 is 34.3 Å². The lowest BCUT2D eigenvalue weighted by molar-refractivity contribution is -0.134. The molecule has 2 aromatic heterocycles. The van der Waals surface area contributed by atoms with Crippen LogP contribution in [0.1, 0.15) is 42.0 Å². The molecule has 132 valence electrons. The molecule has 0 unspecified atom stereocenters. The predicted molar refractivity (Wildman–Crippen MR) is 104 cm³/mol. The van der Waals surface area contributed by atoms with Crippen LogP contribution in [0.15, 0.2) is 40.1 Å². The van der Waals surface area contributed by atoms with Gasteiger partial charge in [-0.05, 0) is 54.7 Å². The standard InChI is InChI=1S/C19H23N3OS2/c1-14-6-8-21(9-7-14)13-19(23)22-16(18-5-3-11-25-18)12-15(20-22)17-4-2-10-24-17/h2-5,10-11,14,16H,6-9,12-13H2,1H3/t16-/m0/s1. The summed E-state index contributed by atoms with van der Waals surface area (Å²) in [5, 5.41) is 10.6. The Hall–Kier alpha value is -1.50. The molecule has 0 spiro atoms. The van der Waals surface area contributed by atoms with Gasteiger partial charge in [-0.2, -0.15) is 5.10 Å². The van der Waals surface area contributed by atoms with Crippen molar-refractivity contribution in [3.63, 3.8) is 0 Å². The molecule has 1 saturated heterocycles. The lowest BCUT2D eigenvalue weighted by Crippen LogP contribution is -2.41. The van der Waals surface area contributed by atoms with Crippen LogP contribution in [0.4, 0.5) is 0 Å². The maximum Gasteiger partial charge on any atom is 0.257 e. The van der Waals surface area contributed by atoms with Gasteiger partial charge in [-0.25, -0.2) is 5.01 Å². The number of carbonyl (C=O) groups is 1. The minimum absolute atomic E-state index is 0.0494. The van der Waals surface area contributed by atoms with Crippen LogP contribution < -0.4 is 0 Å². The lowest BCUT2D eigenvalue weighted by Gasteiger charge is -2.31. The molecule has 0 N–H and O–H groups in total. The Morgan fingerprint density at radius 2 is 1.96 bits per heavy atom. The molecule has 4 heterocycles. The fraction of sp³-hybridized carbons (Fsp3) is 0.474. The number of hydrazone groups is 1. The van der Waals surface area contributed by atoms with Crippen LogP contribution in [0.5, 0.6) is 0 Å². The van der Waals surface area contributed by atoms with Gasteiger partial charge >= 0.3 is 0 Å². The van der Waals surface area contributed by atoms with Crippen molar-refractivity contribution in [1.82, 2.24) is 9.91 Å². The number of amides is 1. The van der Waals surface area contributed by atoms with Gasteiger partial charge < -0.3 is 0 Å². The highest BCUT2D eigenvalue weighted by atomic mass is 32.1. The van der Waals surface area contributed by atoms with Gasteiger partial charge in [0.1, 0.15) is 0 Å². The average Bonchev–Trinajstić information content (AvgIpc) is 3.36. The van der Waals surface area contributed by atoms with Crippen LogP contribution in [0.3, 0.4) is 0 Å². The molecule has 0 aliphatic carbocycles. The fourth-order valence-corrected chi connectivity index (χ4v) is 5.05. The lowest BCUT2D eigenvalue weighted by atomic mass is 9.99. The smallest absolute Gasteiger partial charge is 0.257 e. The van der Waals surface area contributed by atoms with Gasteiger partial charge in [0.25, 0.3) is 5.91 Å². The Kier molecular flexibility index (Phi) is 5.01. The molecule has 1 atom stereocenters. The highest BCUT2D eigenvalue weighted by molar-refractivity contribution is 7.12. The average molecular weight is 374 g/mol. The summed E-state index contributed by atoms with van der Waals surface area (Å²) in [7, 11) is 0. The molecular weight excluding hydrogens is 350 g/mol. The number of likely N-dealkylation sites (tertiary alicyclic amines) is 1. The minimum Gasteiger partial charge on any atom is -0.294 e. The molecule has 1 fully saturated rings. The molecule has 0 saturated carbocycles. The molecule has 4 nitrogen and oxygen atoms in total. The molecule has 6 heteroatoms. The summed E-state index contributed by atoms with van der Waals surface area (Å²) in [5.41, 5.74) is 1.04. The van der Waals surface area contributed by atoms with E-state index in [-0.39, 0.29) is 11.9 Å². The highest BCUT2D eigenvalue weighted by Gasteiger charge is 2.34. The second-order valence-electron chi connectivity index (χ2n) is 6.96. The zero-order valence-corrected chi connectivity index (χ0v) is 16.1. The Morgan fingerprint density at radius 1 is 1.20 bits per heavy atom. The minimum atomic E-state index is 0.0494. The summed E-state index contributed by atoms with van der Waals surface area (Å²) in [6.45, 7) is 4.82. The fourth-order valence-electron chi connectivity index (χ4n) is 3.52. The van der Waals surface area contributed by atoms with E-state index >= 15 is 0 Å². The van der Waals surface area contributed by atoms with Crippen molar-refractivity contribution in [1.29, 1.82) is 0 Å². The van der Waals surface area contributed by atoms with Crippen LogP contribution in [0.25, 0.3) is 0 Å². The molecule has 0 aromatic carbocycles. The third kappa shape index (κ3) is 3.71. The highest BCUT2D eigenvalue weighted by Crippen LogP contribution is 2.36. The van der Waals surface area contributed by atoms with Crippen LogP contribution in [-0.4, -0.2) is 41.2 Å². The zero-order valence-electron chi connectivity index (χ0n) is 14.4. The second-order valence-corrected chi connectivity index (χ2v) is 8.88. The van der Waals surface area contributed by atoms with Crippen molar-refractivity contribution < 1.29 is 4.79 Å². The van der Waals surface area contributed by atoms with Crippen LogP contribution >= 0.6 is 22.7 Å². The third-order valence-electron chi connectivity index (χ3n) is 5.08. The Labute approximate surface area is 156 Å². The topological polar surface area (TPSA) is 35.9 Å². The summed E-state index contributed by atoms with van der Waals surface area (Å²) < 4.78 is 0. The summed E-state index contributed by atoms with van der Waals surface area (Å²) in [6.07, 6.45) is 3.18. The third-order valence-corrected chi connectivity index (χ3v) is 6.97. The summed E-state index contributed by atoms with van der Waals surface area (Å²) in [6, 6.07) is 8.35. The first-order valence-corrected chi connectivity index (χ1v) is 10.7. The molecule has 4 rings (SSSR count). The monoisotopic (exact) mass is 373 g/mol. The van der Waals surface area contributed by atoms with Gasteiger partial charge in [-0.1, -0.05) is 19.1 Å². The number of hydrogen-bond donors (Lipinski definition) is 0. The van der Waals surface area contributed by atoms with Gasteiger partial charge in [0.15, 0.2) is 0 Å². The first-order valence-electron chi connectivity index (χ1n) is 8.90. The Balaban J connectivity index is 1.52.